The maximum Gasteiger partial charge on any atom is 0.218 e. The SMILES string of the molecule is CC[C@@](OCc1ccccc1)(c1ccnc(OC)c1COCc1ccccc1)[C@H](O)C(C)O. The van der Waals surface area contributed by atoms with Gasteiger partial charge < -0.3 is 24.4 Å². The second-order valence-electron chi connectivity index (χ2n) is 8.03. The van der Waals surface area contributed by atoms with Gasteiger partial charge in [0.15, 0.2) is 0 Å². The third kappa shape index (κ3) is 5.97. The van der Waals surface area contributed by atoms with Gasteiger partial charge in [-0.1, -0.05) is 67.6 Å². The quantitative estimate of drug-likeness (QED) is 0.426. The molecule has 0 saturated heterocycles. The van der Waals surface area contributed by atoms with Gasteiger partial charge in [-0.05, 0) is 36.1 Å². The second-order valence-corrected chi connectivity index (χ2v) is 8.03. The molecule has 0 amide bonds. The Labute approximate surface area is 195 Å². The van der Waals surface area contributed by atoms with Crippen LogP contribution in [0, 0.1) is 0 Å². The minimum atomic E-state index is -1.19. The fraction of sp³-hybridized carbons (Fsp3) is 0.370. The number of aliphatic hydroxyl groups excluding tert-OH is 2. The molecule has 0 saturated carbocycles. The van der Waals surface area contributed by atoms with E-state index < -0.39 is 17.8 Å². The lowest BCUT2D eigenvalue weighted by Gasteiger charge is -2.40. The summed E-state index contributed by atoms with van der Waals surface area (Å²) in [5, 5.41) is 21.6. The molecule has 1 heterocycles. The van der Waals surface area contributed by atoms with Gasteiger partial charge in [-0.15, -0.1) is 0 Å². The van der Waals surface area contributed by atoms with Gasteiger partial charge in [0.25, 0.3) is 0 Å². The van der Waals surface area contributed by atoms with E-state index in [1.54, 1.807) is 20.2 Å². The van der Waals surface area contributed by atoms with E-state index in [9.17, 15) is 10.2 Å². The summed E-state index contributed by atoms with van der Waals surface area (Å²) in [5.41, 5.74) is 2.20. The fourth-order valence-corrected chi connectivity index (χ4v) is 4.03. The van der Waals surface area contributed by atoms with Crippen molar-refractivity contribution in [2.24, 2.45) is 0 Å². The van der Waals surface area contributed by atoms with Gasteiger partial charge in [0.1, 0.15) is 11.7 Å². The zero-order chi connectivity index (χ0) is 23.7. The van der Waals surface area contributed by atoms with Crippen LogP contribution < -0.4 is 4.74 Å². The molecule has 176 valence electrons. The standard InChI is InChI=1S/C27H33NO5/c1-4-27(25(30)20(2)29,33-18-22-13-9-6-10-14-22)24-15-16-28-26(31-3)23(24)19-32-17-21-11-7-5-8-12-21/h5-16,20,25,29-30H,4,17-19H2,1-3H3/t20?,25-,27-/m1/s1. The first-order valence-corrected chi connectivity index (χ1v) is 11.2. The smallest absolute Gasteiger partial charge is 0.218 e. The van der Waals surface area contributed by atoms with Gasteiger partial charge in [-0.2, -0.15) is 0 Å². The Morgan fingerprint density at radius 3 is 2.03 bits per heavy atom. The number of methoxy groups -OCH3 is 1. The van der Waals surface area contributed by atoms with E-state index in [1.807, 2.05) is 73.7 Å². The van der Waals surface area contributed by atoms with E-state index in [0.717, 1.165) is 11.1 Å². The lowest BCUT2D eigenvalue weighted by molar-refractivity contribution is -0.171. The van der Waals surface area contributed by atoms with Crippen molar-refractivity contribution in [3.8, 4) is 5.88 Å². The number of rotatable bonds is 12. The normalized spacial score (nSPS) is 14.9. The molecule has 3 aromatic rings. The van der Waals surface area contributed by atoms with Crippen LogP contribution in [0.4, 0.5) is 0 Å². The molecule has 0 spiro atoms. The highest BCUT2D eigenvalue weighted by molar-refractivity contribution is 5.39. The Morgan fingerprint density at radius 1 is 0.879 bits per heavy atom. The Balaban J connectivity index is 1.97. The molecule has 0 aliphatic rings. The molecule has 6 heteroatoms. The Kier molecular flexibility index (Phi) is 8.97. The average molecular weight is 452 g/mol. The van der Waals surface area contributed by atoms with Crippen LogP contribution in [0.15, 0.2) is 72.9 Å². The van der Waals surface area contributed by atoms with E-state index in [1.165, 1.54) is 0 Å². The van der Waals surface area contributed by atoms with Crippen molar-refractivity contribution < 1.29 is 24.4 Å². The van der Waals surface area contributed by atoms with E-state index in [4.69, 9.17) is 14.2 Å². The molecular formula is C27H33NO5. The Morgan fingerprint density at radius 2 is 1.48 bits per heavy atom. The van der Waals surface area contributed by atoms with Crippen molar-refractivity contribution in [2.45, 2.75) is 57.9 Å². The third-order valence-electron chi connectivity index (χ3n) is 5.82. The molecule has 6 nitrogen and oxygen atoms in total. The van der Waals surface area contributed by atoms with E-state index in [0.29, 0.717) is 30.0 Å². The number of hydrogen-bond donors (Lipinski definition) is 2. The first-order valence-electron chi connectivity index (χ1n) is 11.2. The Hall–Kier alpha value is -2.77. The van der Waals surface area contributed by atoms with Crippen molar-refractivity contribution in [2.75, 3.05) is 7.11 Å². The van der Waals surface area contributed by atoms with Crippen LogP contribution >= 0.6 is 0 Å². The summed E-state index contributed by atoms with van der Waals surface area (Å²) in [6, 6.07) is 21.4. The number of aliphatic hydroxyl groups is 2. The van der Waals surface area contributed by atoms with Crippen molar-refractivity contribution >= 4 is 0 Å². The van der Waals surface area contributed by atoms with Crippen molar-refractivity contribution in [1.82, 2.24) is 4.98 Å². The van der Waals surface area contributed by atoms with E-state index in [-0.39, 0.29) is 13.2 Å². The summed E-state index contributed by atoms with van der Waals surface area (Å²) in [7, 11) is 1.55. The fourth-order valence-electron chi connectivity index (χ4n) is 4.03. The van der Waals surface area contributed by atoms with Crippen LogP contribution in [0.25, 0.3) is 0 Å². The minimum Gasteiger partial charge on any atom is -0.481 e. The van der Waals surface area contributed by atoms with Gasteiger partial charge >= 0.3 is 0 Å². The molecule has 3 atom stereocenters. The van der Waals surface area contributed by atoms with Gasteiger partial charge in [0.2, 0.25) is 5.88 Å². The second kappa shape index (κ2) is 11.9. The number of ether oxygens (including phenoxy) is 3. The molecule has 0 aliphatic heterocycles. The average Bonchev–Trinajstić information content (AvgIpc) is 2.86. The molecule has 33 heavy (non-hydrogen) atoms. The molecule has 1 aromatic heterocycles. The molecule has 0 fully saturated rings. The first kappa shape index (κ1) is 24.9. The highest BCUT2D eigenvalue weighted by Crippen LogP contribution is 2.40. The van der Waals surface area contributed by atoms with Crippen LogP contribution in [-0.2, 0) is 34.9 Å². The van der Waals surface area contributed by atoms with Crippen LogP contribution in [0.3, 0.4) is 0 Å². The number of pyridine rings is 1. The zero-order valence-electron chi connectivity index (χ0n) is 19.5. The molecule has 0 bridgehead atoms. The lowest BCUT2D eigenvalue weighted by Crippen LogP contribution is -2.48. The minimum absolute atomic E-state index is 0.213. The summed E-state index contributed by atoms with van der Waals surface area (Å²) in [4.78, 5) is 4.35. The third-order valence-corrected chi connectivity index (χ3v) is 5.82. The number of benzene rings is 2. The molecular weight excluding hydrogens is 418 g/mol. The van der Waals surface area contributed by atoms with E-state index in [2.05, 4.69) is 4.98 Å². The predicted octanol–water partition coefficient (Wildman–Crippen LogP) is 4.37. The largest absolute Gasteiger partial charge is 0.481 e. The summed E-state index contributed by atoms with van der Waals surface area (Å²) in [6.07, 6.45) is -0.144. The number of hydrogen-bond acceptors (Lipinski definition) is 6. The number of aromatic nitrogens is 1. The first-order chi connectivity index (χ1) is 16.0. The maximum atomic E-state index is 11.2. The molecule has 2 N–H and O–H groups in total. The predicted molar refractivity (Wildman–Crippen MR) is 127 cm³/mol. The van der Waals surface area contributed by atoms with E-state index >= 15 is 0 Å². The van der Waals surface area contributed by atoms with Gasteiger partial charge in [-0.3, -0.25) is 0 Å². The summed E-state index contributed by atoms with van der Waals surface area (Å²) >= 11 is 0. The van der Waals surface area contributed by atoms with Gasteiger partial charge in [0, 0.05) is 11.8 Å². The van der Waals surface area contributed by atoms with Crippen LogP contribution in [0.2, 0.25) is 0 Å². The van der Waals surface area contributed by atoms with Crippen molar-refractivity contribution in [1.29, 1.82) is 0 Å². The topological polar surface area (TPSA) is 81.0 Å². The van der Waals surface area contributed by atoms with Crippen molar-refractivity contribution in [3.05, 3.63) is 95.2 Å². The van der Waals surface area contributed by atoms with Gasteiger partial charge in [-0.25, -0.2) is 4.98 Å². The van der Waals surface area contributed by atoms with Crippen LogP contribution in [0.5, 0.6) is 5.88 Å². The molecule has 0 aliphatic carbocycles. The molecule has 2 aromatic carbocycles. The van der Waals surface area contributed by atoms with Crippen LogP contribution in [-0.4, -0.2) is 34.5 Å². The molecule has 3 rings (SSSR count). The van der Waals surface area contributed by atoms with Crippen molar-refractivity contribution in [3.63, 3.8) is 0 Å². The molecule has 1 unspecified atom stereocenters. The van der Waals surface area contributed by atoms with Crippen LogP contribution in [0.1, 0.15) is 42.5 Å². The summed E-state index contributed by atoms with van der Waals surface area (Å²) < 4.78 is 18.0. The maximum absolute atomic E-state index is 11.2. The zero-order valence-corrected chi connectivity index (χ0v) is 19.5. The monoisotopic (exact) mass is 451 g/mol. The summed E-state index contributed by atoms with van der Waals surface area (Å²) in [5.74, 6) is 0.402. The number of nitrogens with zero attached hydrogens (tertiary/aromatic N) is 1. The Bertz CT molecular complexity index is 980. The highest BCUT2D eigenvalue weighted by atomic mass is 16.5. The molecule has 0 radical (unpaired) electrons. The van der Waals surface area contributed by atoms with Gasteiger partial charge in [0.05, 0.1) is 33.0 Å². The highest BCUT2D eigenvalue weighted by Gasteiger charge is 2.44. The lowest BCUT2D eigenvalue weighted by atomic mass is 9.81. The summed E-state index contributed by atoms with van der Waals surface area (Å²) in [6.45, 7) is 4.39.